The Bertz CT molecular complexity index is 1590. The van der Waals surface area contributed by atoms with Gasteiger partial charge >= 0.3 is 0 Å². The maximum absolute atomic E-state index is 13.3. The lowest BCUT2D eigenvalue weighted by Gasteiger charge is -2.12. The average Bonchev–Trinajstić information content (AvgIpc) is 3.47. The molecule has 0 fully saturated rings. The molecule has 0 saturated carbocycles. The van der Waals surface area contributed by atoms with Crippen LogP contribution >= 0.6 is 0 Å². The topological polar surface area (TPSA) is 141 Å². The maximum Gasteiger partial charge on any atom is 0.277 e. The molecule has 0 saturated heterocycles. The van der Waals surface area contributed by atoms with E-state index in [1.807, 2.05) is 44.2 Å². The summed E-state index contributed by atoms with van der Waals surface area (Å²) in [6.07, 6.45) is 4.83. The minimum Gasteiger partial charge on any atom is -0.489 e. The number of anilines is 1. The van der Waals surface area contributed by atoms with Gasteiger partial charge < -0.3 is 15.5 Å². The van der Waals surface area contributed by atoms with Gasteiger partial charge in [0.1, 0.15) is 24.4 Å². The highest BCUT2D eigenvalue weighted by atomic mass is 16.5. The molecule has 0 aliphatic carbocycles. The number of fused-ring (bicyclic) bond motifs is 1. The van der Waals surface area contributed by atoms with Crippen molar-refractivity contribution in [2.24, 2.45) is 5.73 Å². The van der Waals surface area contributed by atoms with E-state index in [0.717, 1.165) is 16.7 Å². The van der Waals surface area contributed by atoms with Crippen LogP contribution in [0.5, 0.6) is 5.75 Å². The number of carbonyl (C=O) groups is 2. The van der Waals surface area contributed by atoms with E-state index in [2.05, 4.69) is 25.3 Å². The van der Waals surface area contributed by atoms with Crippen molar-refractivity contribution in [2.45, 2.75) is 20.5 Å². The van der Waals surface area contributed by atoms with E-state index >= 15 is 0 Å². The third-order valence-electron chi connectivity index (χ3n) is 5.67. The molecule has 36 heavy (non-hydrogen) atoms. The van der Waals surface area contributed by atoms with E-state index in [1.54, 1.807) is 35.2 Å². The molecule has 0 atom stereocenters. The van der Waals surface area contributed by atoms with E-state index in [-0.39, 0.29) is 17.3 Å². The number of aryl methyl sites for hydroxylation is 2. The zero-order chi connectivity index (χ0) is 25.2. The average molecular weight is 482 g/mol. The number of pyridine rings is 1. The summed E-state index contributed by atoms with van der Waals surface area (Å²) in [5.41, 5.74) is 10.4. The SMILES string of the molecule is Cc1ccc(-n2cnc(C(N)=O)c2C(=O)Nc2nc3ccc(OCc4ccncc4)cc3[nH]2)c(C)c1. The van der Waals surface area contributed by atoms with Crippen LogP contribution in [0.2, 0.25) is 0 Å². The second kappa shape index (κ2) is 9.34. The van der Waals surface area contributed by atoms with Crippen LogP contribution in [0.3, 0.4) is 0 Å². The molecule has 0 unspecified atom stereocenters. The number of imidazole rings is 2. The Morgan fingerprint density at radius 3 is 2.64 bits per heavy atom. The zero-order valence-corrected chi connectivity index (χ0v) is 19.6. The smallest absolute Gasteiger partial charge is 0.277 e. The Kier molecular flexibility index (Phi) is 5.91. The van der Waals surface area contributed by atoms with Gasteiger partial charge in [-0.15, -0.1) is 0 Å². The fourth-order valence-electron chi connectivity index (χ4n) is 3.95. The molecule has 3 aromatic heterocycles. The number of aromatic nitrogens is 5. The Balaban J connectivity index is 1.41. The summed E-state index contributed by atoms with van der Waals surface area (Å²) in [7, 11) is 0. The number of rotatable bonds is 7. The van der Waals surface area contributed by atoms with Crippen molar-refractivity contribution in [2.75, 3.05) is 5.32 Å². The van der Waals surface area contributed by atoms with Crippen LogP contribution in [-0.2, 0) is 6.61 Å². The Hall–Kier alpha value is -4.99. The molecule has 180 valence electrons. The van der Waals surface area contributed by atoms with Gasteiger partial charge in [-0.3, -0.25) is 24.5 Å². The summed E-state index contributed by atoms with van der Waals surface area (Å²) in [6.45, 7) is 4.29. The summed E-state index contributed by atoms with van der Waals surface area (Å²) in [4.78, 5) is 40.9. The predicted octanol–water partition coefficient (Wildman–Crippen LogP) is 3.69. The Labute approximate surface area is 206 Å². The molecule has 10 nitrogen and oxygen atoms in total. The third-order valence-corrected chi connectivity index (χ3v) is 5.67. The lowest BCUT2D eigenvalue weighted by molar-refractivity contribution is 0.0970. The van der Waals surface area contributed by atoms with Crippen molar-refractivity contribution in [1.82, 2.24) is 24.5 Å². The van der Waals surface area contributed by atoms with E-state index in [0.29, 0.717) is 29.1 Å². The highest BCUT2D eigenvalue weighted by molar-refractivity contribution is 6.10. The first-order chi connectivity index (χ1) is 17.4. The number of hydrogen-bond acceptors (Lipinski definition) is 6. The first kappa shape index (κ1) is 22.8. The standard InChI is InChI=1S/C26H23N7O3/c1-15-3-6-21(16(2)11-15)33-14-29-22(24(27)34)23(33)25(35)32-26-30-19-5-4-18(12-20(19)31-26)36-13-17-7-9-28-10-8-17/h3-12,14H,13H2,1-2H3,(H2,27,34)(H2,30,31,32,35). The van der Waals surface area contributed by atoms with Crippen molar-refractivity contribution in [3.63, 3.8) is 0 Å². The maximum atomic E-state index is 13.3. The quantitative estimate of drug-likeness (QED) is 0.324. The molecule has 5 rings (SSSR count). The van der Waals surface area contributed by atoms with Gasteiger partial charge in [0, 0.05) is 18.5 Å². The summed E-state index contributed by atoms with van der Waals surface area (Å²) in [5, 5.41) is 2.73. The number of hydrogen-bond donors (Lipinski definition) is 3. The van der Waals surface area contributed by atoms with Gasteiger partial charge in [0.05, 0.1) is 16.7 Å². The van der Waals surface area contributed by atoms with Crippen molar-refractivity contribution in [3.8, 4) is 11.4 Å². The number of nitrogens with zero attached hydrogens (tertiary/aromatic N) is 4. The zero-order valence-electron chi connectivity index (χ0n) is 19.6. The van der Waals surface area contributed by atoms with E-state index < -0.39 is 11.8 Å². The number of H-pyrrole nitrogens is 1. The van der Waals surface area contributed by atoms with Crippen LogP contribution in [0.1, 0.15) is 37.7 Å². The van der Waals surface area contributed by atoms with E-state index in [1.165, 1.54) is 6.33 Å². The fourth-order valence-corrected chi connectivity index (χ4v) is 3.95. The number of nitrogens with one attached hydrogen (secondary N) is 2. The molecule has 0 aliphatic heterocycles. The molecule has 5 aromatic rings. The molecule has 3 heterocycles. The monoisotopic (exact) mass is 481 g/mol. The molecule has 10 heteroatoms. The highest BCUT2D eigenvalue weighted by Gasteiger charge is 2.24. The fraction of sp³-hybridized carbons (Fsp3) is 0.115. The lowest BCUT2D eigenvalue weighted by atomic mass is 10.1. The van der Waals surface area contributed by atoms with Crippen molar-refractivity contribution in [3.05, 3.63) is 95.3 Å². The van der Waals surface area contributed by atoms with E-state index in [9.17, 15) is 9.59 Å². The number of ether oxygens (including phenoxy) is 1. The van der Waals surface area contributed by atoms with Crippen LogP contribution in [-0.4, -0.2) is 36.3 Å². The number of nitrogens with two attached hydrogens (primary N) is 1. The largest absolute Gasteiger partial charge is 0.489 e. The first-order valence-electron chi connectivity index (χ1n) is 11.2. The van der Waals surface area contributed by atoms with Gasteiger partial charge in [-0.05, 0) is 55.3 Å². The Morgan fingerprint density at radius 2 is 1.89 bits per heavy atom. The van der Waals surface area contributed by atoms with Gasteiger partial charge in [-0.2, -0.15) is 0 Å². The van der Waals surface area contributed by atoms with Crippen molar-refractivity contribution in [1.29, 1.82) is 0 Å². The first-order valence-corrected chi connectivity index (χ1v) is 11.2. The second-order valence-corrected chi connectivity index (χ2v) is 8.33. The summed E-state index contributed by atoms with van der Waals surface area (Å²) in [6, 6.07) is 14.9. The van der Waals surface area contributed by atoms with Crippen LogP contribution < -0.4 is 15.8 Å². The van der Waals surface area contributed by atoms with Crippen molar-refractivity contribution < 1.29 is 14.3 Å². The number of benzene rings is 2. The summed E-state index contributed by atoms with van der Waals surface area (Å²) in [5.74, 6) is -0.520. The molecule has 0 radical (unpaired) electrons. The molecule has 0 spiro atoms. The van der Waals surface area contributed by atoms with Gasteiger partial charge in [0.15, 0.2) is 5.69 Å². The predicted molar refractivity (Wildman–Crippen MR) is 134 cm³/mol. The minimum atomic E-state index is -0.802. The Morgan fingerprint density at radius 1 is 1.08 bits per heavy atom. The molecule has 2 amide bonds. The molecule has 4 N–H and O–H groups in total. The van der Waals surface area contributed by atoms with Gasteiger partial charge in [-0.1, -0.05) is 17.7 Å². The van der Waals surface area contributed by atoms with Gasteiger partial charge in [0.2, 0.25) is 5.95 Å². The summed E-state index contributed by atoms with van der Waals surface area (Å²) < 4.78 is 7.40. The van der Waals surface area contributed by atoms with Crippen LogP contribution in [0.4, 0.5) is 5.95 Å². The van der Waals surface area contributed by atoms with E-state index in [4.69, 9.17) is 10.5 Å². The molecule has 0 bridgehead atoms. The molecule has 0 aliphatic rings. The van der Waals surface area contributed by atoms with Crippen molar-refractivity contribution >= 4 is 28.8 Å². The normalized spacial score (nSPS) is 10.9. The minimum absolute atomic E-state index is 0.0243. The lowest BCUT2D eigenvalue weighted by Crippen LogP contribution is -2.23. The molecule has 2 aromatic carbocycles. The number of aromatic amines is 1. The number of carbonyl (C=O) groups excluding carboxylic acids is 2. The third kappa shape index (κ3) is 4.51. The van der Waals surface area contributed by atoms with Crippen LogP contribution in [0.15, 0.2) is 67.3 Å². The summed E-state index contributed by atoms with van der Waals surface area (Å²) >= 11 is 0. The highest BCUT2D eigenvalue weighted by Crippen LogP contribution is 2.24. The van der Waals surface area contributed by atoms with Gasteiger partial charge in [0.25, 0.3) is 11.8 Å². The second-order valence-electron chi connectivity index (χ2n) is 8.33. The number of amides is 2. The molecular weight excluding hydrogens is 458 g/mol. The number of primary amides is 1. The van der Waals surface area contributed by atoms with Crippen LogP contribution in [0, 0.1) is 13.8 Å². The van der Waals surface area contributed by atoms with Crippen LogP contribution in [0.25, 0.3) is 16.7 Å². The molecular formula is C26H23N7O3. The van der Waals surface area contributed by atoms with Gasteiger partial charge in [-0.25, -0.2) is 9.97 Å².